The fraction of sp³-hybridized carbons (Fsp3) is 0.533. The maximum absolute atomic E-state index is 12.3. The van der Waals surface area contributed by atoms with E-state index in [4.69, 9.17) is 9.47 Å². The molecular weight excluding hydrogens is 258 g/mol. The summed E-state index contributed by atoms with van der Waals surface area (Å²) in [7, 11) is 0. The van der Waals surface area contributed by atoms with Gasteiger partial charge >= 0.3 is 0 Å². The van der Waals surface area contributed by atoms with E-state index in [2.05, 4.69) is 0 Å². The van der Waals surface area contributed by atoms with Crippen molar-refractivity contribution in [3.05, 3.63) is 29.8 Å². The number of aliphatic hydroxyl groups excluding tert-OH is 1. The Kier molecular flexibility index (Phi) is 4.98. The highest BCUT2D eigenvalue weighted by atomic mass is 16.5. The van der Waals surface area contributed by atoms with Gasteiger partial charge in [-0.2, -0.15) is 0 Å². The van der Waals surface area contributed by atoms with Crippen molar-refractivity contribution in [1.29, 1.82) is 0 Å². The van der Waals surface area contributed by atoms with Crippen LogP contribution in [0.1, 0.15) is 25.5 Å². The van der Waals surface area contributed by atoms with Gasteiger partial charge < -0.3 is 19.5 Å². The largest absolute Gasteiger partial charge is 0.481 e. The van der Waals surface area contributed by atoms with E-state index in [9.17, 15) is 9.90 Å². The molecule has 1 saturated heterocycles. The smallest absolute Gasteiger partial charge is 0.263 e. The van der Waals surface area contributed by atoms with Crippen molar-refractivity contribution in [1.82, 2.24) is 4.90 Å². The Morgan fingerprint density at radius 1 is 1.30 bits per heavy atom. The second-order valence-electron chi connectivity index (χ2n) is 4.91. The molecule has 0 saturated carbocycles. The van der Waals surface area contributed by atoms with Crippen molar-refractivity contribution in [2.45, 2.75) is 26.1 Å². The Morgan fingerprint density at radius 3 is 2.60 bits per heavy atom. The first-order valence-electron chi connectivity index (χ1n) is 6.89. The van der Waals surface area contributed by atoms with Gasteiger partial charge in [-0.25, -0.2) is 0 Å². The number of hydrogen-bond donors (Lipinski definition) is 1. The van der Waals surface area contributed by atoms with Gasteiger partial charge in [-0.3, -0.25) is 4.79 Å². The minimum atomic E-state index is -0.628. The maximum Gasteiger partial charge on any atom is 0.263 e. The van der Waals surface area contributed by atoms with Crippen LogP contribution in [0.4, 0.5) is 0 Å². The number of benzene rings is 1. The van der Waals surface area contributed by atoms with Gasteiger partial charge in [0.25, 0.3) is 5.91 Å². The molecule has 1 heterocycles. The summed E-state index contributed by atoms with van der Waals surface area (Å²) in [5.74, 6) is 0.505. The van der Waals surface area contributed by atoms with Crippen LogP contribution in [-0.2, 0) is 9.53 Å². The molecule has 0 aromatic heterocycles. The van der Waals surface area contributed by atoms with Crippen LogP contribution in [0.5, 0.6) is 5.75 Å². The molecule has 5 heteroatoms. The summed E-state index contributed by atoms with van der Waals surface area (Å²) in [4.78, 5) is 14.0. The Bertz CT molecular complexity index is 455. The van der Waals surface area contributed by atoms with Crippen LogP contribution in [0.2, 0.25) is 0 Å². The zero-order valence-electron chi connectivity index (χ0n) is 11.9. The van der Waals surface area contributed by atoms with Gasteiger partial charge in [0.1, 0.15) is 5.75 Å². The number of nitrogens with zero attached hydrogens (tertiary/aromatic N) is 1. The van der Waals surface area contributed by atoms with Crippen LogP contribution in [-0.4, -0.2) is 48.3 Å². The third-order valence-corrected chi connectivity index (χ3v) is 3.34. The fourth-order valence-electron chi connectivity index (χ4n) is 2.21. The average molecular weight is 279 g/mol. The van der Waals surface area contributed by atoms with Gasteiger partial charge in [0.05, 0.1) is 19.3 Å². The highest BCUT2D eigenvalue weighted by Gasteiger charge is 2.24. The quantitative estimate of drug-likeness (QED) is 0.904. The monoisotopic (exact) mass is 279 g/mol. The first-order valence-corrected chi connectivity index (χ1v) is 6.89. The predicted octanol–water partition coefficient (Wildman–Crippen LogP) is 1.37. The molecule has 2 rings (SSSR count). The van der Waals surface area contributed by atoms with Crippen molar-refractivity contribution < 1.29 is 19.4 Å². The molecule has 1 fully saturated rings. The number of rotatable bonds is 4. The second-order valence-corrected chi connectivity index (χ2v) is 4.91. The number of carbonyl (C=O) groups is 1. The zero-order valence-corrected chi connectivity index (χ0v) is 11.9. The summed E-state index contributed by atoms with van der Waals surface area (Å²) in [6.07, 6.45) is -1.20. The minimum Gasteiger partial charge on any atom is -0.481 e. The van der Waals surface area contributed by atoms with E-state index in [0.717, 1.165) is 0 Å². The van der Waals surface area contributed by atoms with E-state index in [1.165, 1.54) is 0 Å². The predicted molar refractivity (Wildman–Crippen MR) is 74.6 cm³/mol. The fourth-order valence-corrected chi connectivity index (χ4v) is 2.21. The number of para-hydroxylation sites is 1. The second kappa shape index (κ2) is 6.72. The van der Waals surface area contributed by atoms with E-state index >= 15 is 0 Å². The Morgan fingerprint density at radius 2 is 1.95 bits per heavy atom. The molecule has 2 unspecified atom stereocenters. The molecule has 0 spiro atoms. The Hall–Kier alpha value is -1.59. The van der Waals surface area contributed by atoms with E-state index in [1.54, 1.807) is 30.9 Å². The maximum atomic E-state index is 12.3. The topological polar surface area (TPSA) is 59.0 Å². The van der Waals surface area contributed by atoms with Crippen LogP contribution in [0.25, 0.3) is 0 Å². The lowest BCUT2D eigenvalue weighted by Gasteiger charge is -2.29. The SMILES string of the molecule is CC(Oc1ccccc1C(C)O)C(=O)N1CCOCC1. The molecule has 0 bridgehead atoms. The minimum absolute atomic E-state index is 0.0475. The number of ether oxygens (including phenoxy) is 2. The van der Waals surface area contributed by atoms with Crippen molar-refractivity contribution in [2.75, 3.05) is 26.3 Å². The van der Waals surface area contributed by atoms with E-state index in [0.29, 0.717) is 37.6 Å². The Labute approximate surface area is 119 Å². The van der Waals surface area contributed by atoms with Gasteiger partial charge in [0.15, 0.2) is 6.10 Å². The Balaban J connectivity index is 2.03. The molecule has 1 amide bonds. The summed E-state index contributed by atoms with van der Waals surface area (Å²) >= 11 is 0. The number of amides is 1. The summed E-state index contributed by atoms with van der Waals surface area (Å²) in [6, 6.07) is 7.23. The molecule has 1 aliphatic rings. The molecule has 0 radical (unpaired) electrons. The molecule has 1 aliphatic heterocycles. The molecule has 1 N–H and O–H groups in total. The summed E-state index contributed by atoms with van der Waals surface area (Å²) < 4.78 is 11.0. The van der Waals surface area contributed by atoms with Crippen LogP contribution in [0, 0.1) is 0 Å². The van der Waals surface area contributed by atoms with Crippen molar-refractivity contribution in [3.63, 3.8) is 0 Å². The van der Waals surface area contributed by atoms with Crippen molar-refractivity contribution >= 4 is 5.91 Å². The van der Waals surface area contributed by atoms with Crippen molar-refractivity contribution in [2.24, 2.45) is 0 Å². The highest BCUT2D eigenvalue weighted by Crippen LogP contribution is 2.25. The molecule has 2 atom stereocenters. The number of aliphatic hydroxyl groups is 1. The molecule has 110 valence electrons. The first-order chi connectivity index (χ1) is 9.59. The van der Waals surface area contributed by atoms with Gasteiger partial charge in [-0.15, -0.1) is 0 Å². The van der Waals surface area contributed by atoms with Gasteiger partial charge in [0, 0.05) is 18.7 Å². The first kappa shape index (κ1) is 14.8. The number of carbonyl (C=O) groups excluding carboxylic acids is 1. The highest BCUT2D eigenvalue weighted by molar-refractivity contribution is 5.81. The van der Waals surface area contributed by atoms with E-state index < -0.39 is 12.2 Å². The van der Waals surface area contributed by atoms with Crippen LogP contribution in [0.15, 0.2) is 24.3 Å². The zero-order chi connectivity index (χ0) is 14.5. The van der Waals surface area contributed by atoms with Crippen LogP contribution in [0.3, 0.4) is 0 Å². The molecule has 5 nitrogen and oxygen atoms in total. The molecular formula is C15H21NO4. The summed E-state index contributed by atoms with van der Waals surface area (Å²) in [5.41, 5.74) is 0.689. The van der Waals surface area contributed by atoms with Gasteiger partial charge in [-0.1, -0.05) is 18.2 Å². The van der Waals surface area contributed by atoms with E-state index in [1.807, 2.05) is 12.1 Å². The summed E-state index contributed by atoms with van der Waals surface area (Å²) in [5, 5.41) is 9.71. The molecule has 20 heavy (non-hydrogen) atoms. The normalized spacial score (nSPS) is 18.4. The van der Waals surface area contributed by atoms with Crippen molar-refractivity contribution in [3.8, 4) is 5.75 Å². The number of hydrogen-bond acceptors (Lipinski definition) is 4. The molecule has 0 aliphatic carbocycles. The molecule has 1 aromatic carbocycles. The lowest BCUT2D eigenvalue weighted by atomic mass is 10.1. The van der Waals surface area contributed by atoms with Gasteiger partial charge in [0.2, 0.25) is 0 Å². The third-order valence-electron chi connectivity index (χ3n) is 3.34. The molecule has 1 aromatic rings. The lowest BCUT2D eigenvalue weighted by Crippen LogP contribution is -2.46. The van der Waals surface area contributed by atoms with E-state index in [-0.39, 0.29) is 5.91 Å². The number of morpholine rings is 1. The lowest BCUT2D eigenvalue weighted by molar-refractivity contribution is -0.142. The standard InChI is InChI=1S/C15H21NO4/c1-11(17)13-5-3-4-6-14(13)20-12(2)15(18)16-7-9-19-10-8-16/h3-6,11-12,17H,7-10H2,1-2H3. The van der Waals surface area contributed by atoms with Crippen LogP contribution < -0.4 is 4.74 Å². The van der Waals surface area contributed by atoms with Gasteiger partial charge in [-0.05, 0) is 19.9 Å². The average Bonchev–Trinajstić information content (AvgIpc) is 2.47. The summed E-state index contributed by atoms with van der Waals surface area (Å²) in [6.45, 7) is 5.76. The van der Waals surface area contributed by atoms with Crippen LogP contribution >= 0.6 is 0 Å². The third kappa shape index (κ3) is 3.49.